The summed E-state index contributed by atoms with van der Waals surface area (Å²) in [6, 6.07) is 15.5. The lowest BCUT2D eigenvalue weighted by Crippen LogP contribution is -1.84. The fourth-order valence-electron chi connectivity index (χ4n) is 1.36. The molecule has 0 spiro atoms. The van der Waals surface area contributed by atoms with Crippen LogP contribution >= 0.6 is 24.0 Å². The van der Waals surface area contributed by atoms with E-state index in [0.29, 0.717) is 0 Å². The van der Waals surface area contributed by atoms with E-state index in [1.807, 2.05) is 48.5 Å². The Hall–Kier alpha value is -1.18. The predicted octanol–water partition coefficient (Wildman–Crippen LogP) is 4.01. The van der Waals surface area contributed by atoms with Gasteiger partial charge in [0, 0.05) is 10.7 Å². The van der Waals surface area contributed by atoms with E-state index in [-0.39, 0.29) is 12.4 Å². The first-order chi connectivity index (χ1) is 6.75. The van der Waals surface area contributed by atoms with E-state index in [9.17, 15) is 0 Å². The second-order valence-electron chi connectivity index (χ2n) is 3.13. The van der Waals surface area contributed by atoms with E-state index in [1.54, 1.807) is 0 Å². The molecule has 2 N–H and O–H groups in total. The third-order valence-electron chi connectivity index (χ3n) is 2.06. The lowest BCUT2D eigenvalue weighted by Gasteiger charge is -2.02. The highest BCUT2D eigenvalue weighted by Crippen LogP contribution is 2.22. The molecule has 0 bridgehead atoms. The smallest absolute Gasteiger partial charge is 0.0406 e. The van der Waals surface area contributed by atoms with Gasteiger partial charge in [0.25, 0.3) is 0 Å². The van der Waals surface area contributed by atoms with Crippen LogP contribution in [0.1, 0.15) is 0 Å². The van der Waals surface area contributed by atoms with Gasteiger partial charge in [-0.25, -0.2) is 0 Å². The monoisotopic (exact) mass is 239 g/mol. The lowest BCUT2D eigenvalue weighted by atomic mass is 10.1. The summed E-state index contributed by atoms with van der Waals surface area (Å²) in [6.45, 7) is 0. The zero-order valence-electron chi connectivity index (χ0n) is 7.98. The Balaban J connectivity index is 0.00000112. The second-order valence-corrected chi connectivity index (χ2v) is 3.57. The molecule has 15 heavy (non-hydrogen) atoms. The standard InChI is InChI=1S/C12H10ClN.ClH/c13-11-6-4-9(5-7-11)10-2-1-3-12(14)8-10;/h1-8H,14H2;1H. The van der Waals surface area contributed by atoms with E-state index in [1.165, 1.54) is 0 Å². The van der Waals surface area contributed by atoms with Crippen molar-refractivity contribution in [2.75, 3.05) is 5.73 Å². The maximum absolute atomic E-state index is 5.81. The van der Waals surface area contributed by atoms with Gasteiger partial charge in [0.2, 0.25) is 0 Å². The Kier molecular flexibility index (Phi) is 4.01. The number of benzene rings is 2. The molecule has 2 aromatic rings. The summed E-state index contributed by atoms with van der Waals surface area (Å²) in [4.78, 5) is 0. The van der Waals surface area contributed by atoms with Crippen LogP contribution in [0.3, 0.4) is 0 Å². The van der Waals surface area contributed by atoms with E-state index in [0.717, 1.165) is 21.8 Å². The molecular formula is C12H11Cl2N. The first kappa shape index (κ1) is 11.9. The normalized spacial score (nSPS) is 9.40. The Morgan fingerprint density at radius 3 is 2.13 bits per heavy atom. The quantitative estimate of drug-likeness (QED) is 0.748. The summed E-state index contributed by atoms with van der Waals surface area (Å²) < 4.78 is 0. The minimum atomic E-state index is 0. The molecule has 0 unspecified atom stereocenters. The highest BCUT2D eigenvalue weighted by atomic mass is 35.5. The molecule has 78 valence electrons. The fraction of sp³-hybridized carbons (Fsp3) is 0. The molecule has 0 atom stereocenters. The number of halogens is 2. The molecule has 0 aliphatic heterocycles. The molecule has 0 heterocycles. The largest absolute Gasteiger partial charge is 0.399 e. The summed E-state index contributed by atoms with van der Waals surface area (Å²) in [5.41, 5.74) is 8.71. The second kappa shape index (κ2) is 5.06. The summed E-state index contributed by atoms with van der Waals surface area (Å²) >= 11 is 5.81. The number of hydrogen-bond donors (Lipinski definition) is 1. The fourth-order valence-corrected chi connectivity index (χ4v) is 1.49. The van der Waals surface area contributed by atoms with Crippen molar-refractivity contribution in [2.45, 2.75) is 0 Å². The number of nitrogen functional groups attached to an aromatic ring is 1. The summed E-state index contributed by atoms with van der Waals surface area (Å²) in [5, 5.41) is 0.748. The minimum absolute atomic E-state index is 0. The van der Waals surface area contributed by atoms with Gasteiger partial charge < -0.3 is 5.73 Å². The third kappa shape index (κ3) is 2.88. The van der Waals surface area contributed by atoms with E-state index >= 15 is 0 Å². The van der Waals surface area contributed by atoms with Crippen LogP contribution in [0, 0.1) is 0 Å². The third-order valence-corrected chi connectivity index (χ3v) is 2.32. The highest BCUT2D eigenvalue weighted by Gasteiger charge is 1.96. The zero-order valence-corrected chi connectivity index (χ0v) is 9.55. The van der Waals surface area contributed by atoms with Gasteiger partial charge in [-0.05, 0) is 35.4 Å². The molecule has 2 aromatic carbocycles. The van der Waals surface area contributed by atoms with Gasteiger partial charge >= 0.3 is 0 Å². The predicted molar refractivity (Wildman–Crippen MR) is 68.5 cm³/mol. The van der Waals surface area contributed by atoms with Gasteiger partial charge in [0.15, 0.2) is 0 Å². The van der Waals surface area contributed by atoms with Gasteiger partial charge in [-0.2, -0.15) is 0 Å². The van der Waals surface area contributed by atoms with Crippen LogP contribution in [0.2, 0.25) is 5.02 Å². The van der Waals surface area contributed by atoms with Gasteiger partial charge in [0.05, 0.1) is 0 Å². The topological polar surface area (TPSA) is 26.0 Å². The molecule has 0 aliphatic rings. The molecule has 0 aliphatic carbocycles. The Labute approximate surface area is 100 Å². The SMILES string of the molecule is Cl.Nc1cccc(-c2ccc(Cl)cc2)c1. The van der Waals surface area contributed by atoms with Crippen molar-refractivity contribution in [3.8, 4) is 11.1 Å². The van der Waals surface area contributed by atoms with Crippen molar-refractivity contribution in [3.05, 3.63) is 53.6 Å². The molecular weight excluding hydrogens is 229 g/mol. The molecule has 0 aromatic heterocycles. The molecule has 0 amide bonds. The summed E-state index contributed by atoms with van der Waals surface area (Å²) in [5.74, 6) is 0. The lowest BCUT2D eigenvalue weighted by molar-refractivity contribution is 1.61. The average Bonchev–Trinajstić information content (AvgIpc) is 2.19. The first-order valence-corrected chi connectivity index (χ1v) is 4.75. The van der Waals surface area contributed by atoms with Crippen molar-refractivity contribution >= 4 is 29.7 Å². The average molecular weight is 240 g/mol. The number of anilines is 1. The van der Waals surface area contributed by atoms with Crippen molar-refractivity contribution in [1.82, 2.24) is 0 Å². The van der Waals surface area contributed by atoms with Crippen molar-refractivity contribution < 1.29 is 0 Å². The molecule has 0 radical (unpaired) electrons. The number of nitrogens with two attached hydrogens (primary N) is 1. The minimum Gasteiger partial charge on any atom is -0.399 e. The molecule has 2 rings (SSSR count). The molecule has 0 saturated carbocycles. The van der Waals surface area contributed by atoms with Crippen molar-refractivity contribution in [2.24, 2.45) is 0 Å². The van der Waals surface area contributed by atoms with Crippen LogP contribution in [-0.2, 0) is 0 Å². The van der Waals surface area contributed by atoms with Crippen molar-refractivity contribution in [1.29, 1.82) is 0 Å². The van der Waals surface area contributed by atoms with E-state index in [2.05, 4.69) is 0 Å². The van der Waals surface area contributed by atoms with Crippen LogP contribution in [0.4, 0.5) is 5.69 Å². The van der Waals surface area contributed by atoms with Crippen LogP contribution in [0.25, 0.3) is 11.1 Å². The van der Waals surface area contributed by atoms with Gasteiger partial charge in [0.1, 0.15) is 0 Å². The number of hydrogen-bond acceptors (Lipinski definition) is 1. The van der Waals surface area contributed by atoms with Crippen LogP contribution in [-0.4, -0.2) is 0 Å². The maximum atomic E-state index is 5.81. The van der Waals surface area contributed by atoms with Gasteiger partial charge in [-0.3, -0.25) is 0 Å². The maximum Gasteiger partial charge on any atom is 0.0406 e. The van der Waals surface area contributed by atoms with Crippen LogP contribution < -0.4 is 5.73 Å². The van der Waals surface area contributed by atoms with Crippen molar-refractivity contribution in [3.63, 3.8) is 0 Å². The Morgan fingerprint density at radius 1 is 0.867 bits per heavy atom. The molecule has 1 nitrogen and oxygen atoms in total. The molecule has 0 saturated heterocycles. The van der Waals surface area contributed by atoms with Crippen LogP contribution in [0.15, 0.2) is 48.5 Å². The van der Waals surface area contributed by atoms with Gasteiger partial charge in [-0.1, -0.05) is 35.9 Å². The summed E-state index contributed by atoms with van der Waals surface area (Å²) in [7, 11) is 0. The Morgan fingerprint density at radius 2 is 1.53 bits per heavy atom. The number of rotatable bonds is 1. The summed E-state index contributed by atoms with van der Waals surface area (Å²) in [6.07, 6.45) is 0. The molecule has 3 heteroatoms. The Bertz CT molecular complexity index is 438. The zero-order chi connectivity index (χ0) is 9.97. The van der Waals surface area contributed by atoms with Gasteiger partial charge in [-0.15, -0.1) is 12.4 Å². The van der Waals surface area contributed by atoms with E-state index < -0.39 is 0 Å². The van der Waals surface area contributed by atoms with Crippen LogP contribution in [0.5, 0.6) is 0 Å². The molecule has 0 fully saturated rings. The van der Waals surface area contributed by atoms with E-state index in [4.69, 9.17) is 17.3 Å². The first-order valence-electron chi connectivity index (χ1n) is 4.37. The highest BCUT2D eigenvalue weighted by molar-refractivity contribution is 6.30.